The van der Waals surface area contributed by atoms with Gasteiger partial charge in [0.15, 0.2) is 9.84 Å². The lowest BCUT2D eigenvalue weighted by molar-refractivity contribution is 0.102. The Labute approximate surface area is 162 Å². The number of amides is 1. The molecule has 0 bridgehead atoms. The molecule has 1 amide bonds. The molecule has 1 aromatic heterocycles. The summed E-state index contributed by atoms with van der Waals surface area (Å²) in [4.78, 5) is 12.5. The average molecular weight is 401 g/mol. The van der Waals surface area contributed by atoms with Crippen LogP contribution in [0.25, 0.3) is 0 Å². The third-order valence-corrected chi connectivity index (χ3v) is 5.83. The zero-order valence-electron chi connectivity index (χ0n) is 15.4. The lowest BCUT2D eigenvalue weighted by Gasteiger charge is -2.07. The Morgan fingerprint density at radius 1 is 1.11 bits per heavy atom. The Bertz CT molecular complexity index is 1070. The molecule has 0 unspecified atom stereocenters. The molecule has 2 aromatic carbocycles. The van der Waals surface area contributed by atoms with Crippen LogP contribution in [-0.4, -0.2) is 37.4 Å². The van der Waals surface area contributed by atoms with Crippen LogP contribution in [0.1, 0.15) is 28.7 Å². The monoisotopic (exact) mass is 401 g/mol. The summed E-state index contributed by atoms with van der Waals surface area (Å²) in [6, 6.07) is 13.3. The van der Waals surface area contributed by atoms with Crippen molar-refractivity contribution in [3.05, 3.63) is 65.5 Å². The number of carbonyl (C=O) groups is 1. The molecule has 28 heavy (non-hydrogen) atoms. The number of benzene rings is 2. The van der Waals surface area contributed by atoms with E-state index in [0.717, 1.165) is 11.3 Å². The van der Waals surface area contributed by atoms with Crippen molar-refractivity contribution in [1.29, 1.82) is 0 Å². The lowest BCUT2D eigenvalue weighted by Crippen LogP contribution is -2.17. The van der Waals surface area contributed by atoms with Crippen molar-refractivity contribution in [2.75, 3.05) is 18.2 Å². The van der Waals surface area contributed by atoms with Gasteiger partial charge in [-0.05, 0) is 29.8 Å². The molecule has 8 nitrogen and oxygen atoms in total. The molecule has 9 heteroatoms. The van der Waals surface area contributed by atoms with Crippen LogP contribution in [0.3, 0.4) is 0 Å². The first-order valence-electron chi connectivity index (χ1n) is 8.51. The Balaban J connectivity index is 1.74. The number of methoxy groups -OCH3 is 1. The molecule has 0 saturated carbocycles. The number of hydrogen-bond acceptors (Lipinski definition) is 7. The van der Waals surface area contributed by atoms with Gasteiger partial charge in [-0.3, -0.25) is 10.1 Å². The van der Waals surface area contributed by atoms with Gasteiger partial charge >= 0.3 is 6.01 Å². The zero-order valence-corrected chi connectivity index (χ0v) is 16.2. The van der Waals surface area contributed by atoms with Crippen LogP contribution in [0.15, 0.2) is 57.8 Å². The average Bonchev–Trinajstić information content (AvgIpc) is 3.15. The van der Waals surface area contributed by atoms with Gasteiger partial charge in [0.25, 0.3) is 5.91 Å². The fraction of sp³-hybridized carbons (Fsp3) is 0.211. The van der Waals surface area contributed by atoms with E-state index in [2.05, 4.69) is 15.5 Å². The van der Waals surface area contributed by atoms with Gasteiger partial charge < -0.3 is 9.15 Å². The highest BCUT2D eigenvalue weighted by molar-refractivity contribution is 7.91. The Kier molecular flexibility index (Phi) is 5.74. The number of hydrogen-bond donors (Lipinski definition) is 1. The summed E-state index contributed by atoms with van der Waals surface area (Å²) in [6.45, 7) is 1.52. The lowest BCUT2D eigenvalue weighted by atomic mass is 10.1. The van der Waals surface area contributed by atoms with Gasteiger partial charge in [0.2, 0.25) is 5.89 Å². The topological polar surface area (TPSA) is 111 Å². The highest BCUT2D eigenvalue weighted by Gasteiger charge is 2.21. The second-order valence-corrected chi connectivity index (χ2v) is 8.13. The van der Waals surface area contributed by atoms with E-state index in [0.29, 0.717) is 12.3 Å². The van der Waals surface area contributed by atoms with Crippen LogP contribution in [-0.2, 0) is 16.3 Å². The standard InChI is InChI=1S/C19H19N3O5S/c1-3-28(24,25)16-7-5-4-6-15(16)18(23)20-19-22-21-17(27-19)12-13-8-10-14(26-2)11-9-13/h4-11H,3,12H2,1-2H3,(H,20,22,23). The van der Waals surface area contributed by atoms with E-state index in [4.69, 9.17) is 9.15 Å². The molecule has 146 valence electrons. The molecule has 3 aromatic rings. The van der Waals surface area contributed by atoms with E-state index in [-0.39, 0.29) is 22.2 Å². The quantitative estimate of drug-likeness (QED) is 0.648. The third kappa shape index (κ3) is 4.37. The van der Waals surface area contributed by atoms with Crippen molar-refractivity contribution in [1.82, 2.24) is 10.2 Å². The molecular weight excluding hydrogens is 382 g/mol. The molecule has 0 aliphatic rings. The van der Waals surface area contributed by atoms with Crippen LogP contribution in [0.4, 0.5) is 6.01 Å². The molecule has 0 aliphatic heterocycles. The first kappa shape index (κ1) is 19.6. The highest BCUT2D eigenvalue weighted by Crippen LogP contribution is 2.19. The number of nitrogens with zero attached hydrogens (tertiary/aromatic N) is 2. The number of aromatic nitrogens is 2. The van der Waals surface area contributed by atoms with Gasteiger partial charge in [-0.2, -0.15) is 0 Å². The summed E-state index contributed by atoms with van der Waals surface area (Å²) in [5.74, 6) is 0.314. The Morgan fingerprint density at radius 2 is 1.82 bits per heavy atom. The molecule has 0 atom stereocenters. The fourth-order valence-corrected chi connectivity index (χ4v) is 3.63. The number of anilines is 1. The van der Waals surface area contributed by atoms with Crippen molar-refractivity contribution in [3.63, 3.8) is 0 Å². The second-order valence-electron chi connectivity index (χ2n) is 5.88. The number of carbonyl (C=O) groups excluding carboxylic acids is 1. The summed E-state index contributed by atoms with van der Waals surface area (Å²) >= 11 is 0. The zero-order chi connectivity index (χ0) is 20.1. The van der Waals surface area contributed by atoms with E-state index in [1.807, 2.05) is 24.3 Å². The largest absolute Gasteiger partial charge is 0.497 e. The van der Waals surface area contributed by atoms with Crippen molar-refractivity contribution in [3.8, 4) is 5.75 Å². The van der Waals surface area contributed by atoms with Gasteiger partial charge in [0, 0.05) is 0 Å². The van der Waals surface area contributed by atoms with E-state index >= 15 is 0 Å². The van der Waals surface area contributed by atoms with E-state index in [9.17, 15) is 13.2 Å². The molecular formula is C19H19N3O5S. The maximum Gasteiger partial charge on any atom is 0.322 e. The summed E-state index contributed by atoms with van der Waals surface area (Å²) < 4.78 is 34.9. The third-order valence-electron chi connectivity index (χ3n) is 4.05. The van der Waals surface area contributed by atoms with Crippen LogP contribution in [0, 0.1) is 0 Å². The molecule has 1 heterocycles. The second kappa shape index (κ2) is 8.22. The number of sulfone groups is 1. The molecule has 0 spiro atoms. The first-order chi connectivity index (χ1) is 13.4. The Morgan fingerprint density at radius 3 is 2.50 bits per heavy atom. The maximum absolute atomic E-state index is 12.5. The van der Waals surface area contributed by atoms with Crippen molar-refractivity contribution in [2.45, 2.75) is 18.2 Å². The Hall–Kier alpha value is -3.20. The normalized spacial score (nSPS) is 11.2. The van der Waals surface area contributed by atoms with Gasteiger partial charge in [-0.15, -0.1) is 5.10 Å². The van der Waals surface area contributed by atoms with Gasteiger partial charge in [0.1, 0.15) is 5.75 Å². The minimum atomic E-state index is -3.55. The predicted octanol–water partition coefficient (Wildman–Crippen LogP) is 2.71. The maximum atomic E-state index is 12.5. The first-order valence-corrected chi connectivity index (χ1v) is 10.2. The van der Waals surface area contributed by atoms with E-state index < -0.39 is 15.7 Å². The smallest absolute Gasteiger partial charge is 0.322 e. The molecule has 3 rings (SSSR count). The minimum Gasteiger partial charge on any atom is -0.497 e. The van der Waals surface area contributed by atoms with Crippen molar-refractivity contribution >= 4 is 21.8 Å². The molecule has 0 aliphatic carbocycles. The predicted molar refractivity (Wildman–Crippen MR) is 102 cm³/mol. The summed E-state index contributed by atoms with van der Waals surface area (Å²) in [5.41, 5.74) is 0.959. The van der Waals surface area contributed by atoms with Crippen molar-refractivity contribution < 1.29 is 22.4 Å². The molecule has 0 radical (unpaired) electrons. The number of ether oxygens (including phenoxy) is 1. The SMILES string of the molecule is CCS(=O)(=O)c1ccccc1C(=O)Nc1nnc(Cc2ccc(OC)cc2)o1. The molecule has 1 N–H and O–H groups in total. The van der Waals surface area contributed by atoms with Gasteiger partial charge in [0.05, 0.1) is 29.7 Å². The molecule has 0 fully saturated rings. The molecule has 0 saturated heterocycles. The van der Waals surface area contributed by atoms with Crippen LogP contribution in [0.2, 0.25) is 0 Å². The fourth-order valence-electron chi connectivity index (χ4n) is 2.54. The summed E-state index contributed by atoms with van der Waals surface area (Å²) in [5, 5.41) is 10.2. The summed E-state index contributed by atoms with van der Waals surface area (Å²) in [6.07, 6.45) is 0.383. The van der Waals surface area contributed by atoms with Crippen LogP contribution < -0.4 is 10.1 Å². The summed E-state index contributed by atoms with van der Waals surface area (Å²) in [7, 11) is -1.96. The minimum absolute atomic E-state index is 0.0271. The van der Waals surface area contributed by atoms with Gasteiger partial charge in [-0.25, -0.2) is 8.42 Å². The van der Waals surface area contributed by atoms with Crippen molar-refractivity contribution in [2.24, 2.45) is 0 Å². The van der Waals surface area contributed by atoms with E-state index in [1.54, 1.807) is 19.2 Å². The highest BCUT2D eigenvalue weighted by atomic mass is 32.2. The van der Waals surface area contributed by atoms with Gasteiger partial charge in [-0.1, -0.05) is 36.3 Å². The number of rotatable bonds is 7. The van der Waals surface area contributed by atoms with E-state index in [1.165, 1.54) is 19.1 Å². The number of nitrogens with one attached hydrogen (secondary N) is 1. The van der Waals surface area contributed by atoms with Crippen LogP contribution in [0.5, 0.6) is 5.75 Å². The van der Waals surface area contributed by atoms with Crippen LogP contribution >= 0.6 is 0 Å².